The second kappa shape index (κ2) is 6.53. The van der Waals surface area contributed by atoms with E-state index in [-0.39, 0.29) is 6.04 Å². The van der Waals surface area contributed by atoms with E-state index in [4.69, 9.17) is 5.73 Å². The minimum atomic E-state index is 0.140. The summed E-state index contributed by atoms with van der Waals surface area (Å²) in [4.78, 5) is 2.63. The van der Waals surface area contributed by atoms with Crippen LogP contribution in [-0.2, 0) is 7.05 Å². The highest BCUT2D eigenvalue weighted by Gasteiger charge is 2.32. The summed E-state index contributed by atoms with van der Waals surface area (Å²) in [5.74, 6) is 0. The molecular formula is C15H28N4. The van der Waals surface area contributed by atoms with Gasteiger partial charge in [-0.3, -0.25) is 9.58 Å². The Morgan fingerprint density at radius 3 is 2.84 bits per heavy atom. The summed E-state index contributed by atoms with van der Waals surface area (Å²) >= 11 is 0. The number of piperidine rings is 1. The zero-order chi connectivity index (χ0) is 13.8. The molecule has 108 valence electrons. The van der Waals surface area contributed by atoms with Crippen molar-refractivity contribution in [1.29, 1.82) is 0 Å². The van der Waals surface area contributed by atoms with Crippen molar-refractivity contribution < 1.29 is 0 Å². The van der Waals surface area contributed by atoms with E-state index in [1.807, 2.05) is 17.9 Å². The van der Waals surface area contributed by atoms with E-state index in [2.05, 4.69) is 30.0 Å². The van der Waals surface area contributed by atoms with Crippen LogP contribution >= 0.6 is 0 Å². The van der Waals surface area contributed by atoms with Gasteiger partial charge in [-0.05, 0) is 32.7 Å². The summed E-state index contributed by atoms with van der Waals surface area (Å²) in [7, 11) is 1.97. The van der Waals surface area contributed by atoms with E-state index in [9.17, 15) is 0 Å². The highest BCUT2D eigenvalue weighted by atomic mass is 15.3. The van der Waals surface area contributed by atoms with Gasteiger partial charge < -0.3 is 5.73 Å². The van der Waals surface area contributed by atoms with E-state index >= 15 is 0 Å². The Morgan fingerprint density at radius 1 is 1.47 bits per heavy atom. The summed E-state index contributed by atoms with van der Waals surface area (Å²) in [6.45, 7) is 5.57. The van der Waals surface area contributed by atoms with Crippen LogP contribution in [0.1, 0.15) is 57.6 Å². The van der Waals surface area contributed by atoms with Crippen molar-refractivity contribution in [3.8, 4) is 0 Å². The van der Waals surface area contributed by atoms with E-state index in [0.717, 1.165) is 0 Å². The van der Waals surface area contributed by atoms with Gasteiger partial charge in [-0.15, -0.1) is 0 Å². The summed E-state index contributed by atoms with van der Waals surface area (Å²) in [6.07, 6.45) is 10.6. The van der Waals surface area contributed by atoms with Gasteiger partial charge in [0.25, 0.3) is 0 Å². The Hall–Kier alpha value is -0.870. The van der Waals surface area contributed by atoms with Gasteiger partial charge in [0.15, 0.2) is 0 Å². The molecule has 2 heterocycles. The van der Waals surface area contributed by atoms with Gasteiger partial charge in [-0.1, -0.05) is 19.8 Å². The van der Waals surface area contributed by atoms with Crippen molar-refractivity contribution in [3.63, 3.8) is 0 Å². The van der Waals surface area contributed by atoms with Crippen LogP contribution < -0.4 is 5.73 Å². The lowest BCUT2D eigenvalue weighted by atomic mass is 9.92. The third-order valence-electron chi connectivity index (χ3n) is 4.22. The predicted octanol–water partition coefficient (Wildman–Crippen LogP) is 2.46. The van der Waals surface area contributed by atoms with Gasteiger partial charge in [-0.25, -0.2) is 0 Å². The highest BCUT2D eigenvalue weighted by molar-refractivity contribution is 5.14. The maximum absolute atomic E-state index is 6.29. The van der Waals surface area contributed by atoms with Crippen molar-refractivity contribution in [3.05, 3.63) is 18.0 Å². The average Bonchev–Trinajstić information content (AvgIpc) is 2.78. The first-order valence-corrected chi connectivity index (χ1v) is 7.63. The number of hydrogen-bond acceptors (Lipinski definition) is 3. The molecule has 1 aliphatic rings. The van der Waals surface area contributed by atoms with Crippen LogP contribution in [-0.4, -0.2) is 33.3 Å². The molecular weight excluding hydrogens is 236 g/mol. The molecule has 0 aromatic carbocycles. The number of nitrogens with zero attached hydrogens (tertiary/aromatic N) is 3. The molecule has 0 amide bonds. The minimum absolute atomic E-state index is 0.140. The Bertz CT molecular complexity index is 383. The fourth-order valence-electron chi connectivity index (χ4n) is 3.42. The van der Waals surface area contributed by atoms with E-state index in [1.54, 1.807) is 0 Å². The largest absolute Gasteiger partial charge is 0.326 e. The molecule has 2 N–H and O–H groups in total. The third-order valence-corrected chi connectivity index (χ3v) is 4.22. The molecule has 4 nitrogen and oxygen atoms in total. The van der Waals surface area contributed by atoms with E-state index < -0.39 is 0 Å². The zero-order valence-electron chi connectivity index (χ0n) is 12.5. The predicted molar refractivity (Wildman–Crippen MR) is 78.9 cm³/mol. The Kier molecular flexibility index (Phi) is 4.99. The van der Waals surface area contributed by atoms with Crippen LogP contribution in [0.15, 0.2) is 12.4 Å². The van der Waals surface area contributed by atoms with Gasteiger partial charge in [0.2, 0.25) is 0 Å². The molecule has 4 heteroatoms. The standard InChI is InChI=1S/C15H28N4/c1-4-7-14-8-5-6-9-19(14)15(12(2)16)13-10-17-18(3)11-13/h10-12,14-15H,4-9,16H2,1-3H3. The molecule has 1 fully saturated rings. The first kappa shape index (κ1) is 14.5. The van der Waals surface area contributed by atoms with Crippen LogP contribution in [0.4, 0.5) is 0 Å². The van der Waals surface area contributed by atoms with Crippen LogP contribution in [0, 0.1) is 0 Å². The third kappa shape index (κ3) is 3.37. The van der Waals surface area contributed by atoms with Crippen molar-refractivity contribution in [2.45, 2.75) is 64.1 Å². The molecule has 1 aliphatic heterocycles. The molecule has 0 aliphatic carbocycles. The molecule has 0 radical (unpaired) electrons. The smallest absolute Gasteiger partial charge is 0.0538 e. The molecule has 2 rings (SSSR count). The van der Waals surface area contributed by atoms with Crippen molar-refractivity contribution >= 4 is 0 Å². The van der Waals surface area contributed by atoms with E-state index in [1.165, 1.54) is 44.2 Å². The molecule has 1 aromatic rings. The average molecular weight is 264 g/mol. The lowest BCUT2D eigenvalue weighted by Gasteiger charge is -2.42. The SMILES string of the molecule is CCCC1CCCCN1C(c1cnn(C)c1)C(C)N. The number of aromatic nitrogens is 2. The number of hydrogen-bond donors (Lipinski definition) is 1. The van der Waals surface area contributed by atoms with Crippen LogP contribution in [0.3, 0.4) is 0 Å². The second-order valence-corrected chi connectivity index (χ2v) is 5.93. The van der Waals surface area contributed by atoms with Crippen molar-refractivity contribution in [2.75, 3.05) is 6.54 Å². The normalized spacial score (nSPS) is 24.3. The van der Waals surface area contributed by atoms with Crippen molar-refractivity contribution in [2.24, 2.45) is 12.8 Å². The van der Waals surface area contributed by atoms with Gasteiger partial charge in [0, 0.05) is 30.9 Å². The number of aryl methyl sites for hydroxylation is 1. The van der Waals surface area contributed by atoms with Crippen LogP contribution in [0.25, 0.3) is 0 Å². The Balaban J connectivity index is 2.21. The quantitative estimate of drug-likeness (QED) is 0.888. The summed E-state index contributed by atoms with van der Waals surface area (Å²) in [6, 6.07) is 1.14. The zero-order valence-corrected chi connectivity index (χ0v) is 12.5. The molecule has 3 atom stereocenters. The highest BCUT2D eigenvalue weighted by Crippen LogP contribution is 2.32. The van der Waals surface area contributed by atoms with Gasteiger partial charge >= 0.3 is 0 Å². The molecule has 3 unspecified atom stereocenters. The molecule has 1 saturated heterocycles. The van der Waals surface area contributed by atoms with Crippen molar-refractivity contribution in [1.82, 2.24) is 14.7 Å². The maximum atomic E-state index is 6.29. The maximum Gasteiger partial charge on any atom is 0.0538 e. The Labute approximate surface area is 117 Å². The van der Waals surface area contributed by atoms with E-state index in [0.29, 0.717) is 12.1 Å². The molecule has 19 heavy (non-hydrogen) atoms. The lowest BCUT2D eigenvalue weighted by Crippen LogP contribution is -2.47. The summed E-state index contributed by atoms with van der Waals surface area (Å²) in [5, 5.41) is 4.32. The molecule has 0 saturated carbocycles. The fraction of sp³-hybridized carbons (Fsp3) is 0.800. The number of nitrogens with two attached hydrogens (primary N) is 1. The molecule has 0 bridgehead atoms. The minimum Gasteiger partial charge on any atom is -0.326 e. The second-order valence-electron chi connectivity index (χ2n) is 5.93. The van der Waals surface area contributed by atoms with Gasteiger partial charge in [0.05, 0.1) is 12.2 Å². The first-order valence-electron chi connectivity index (χ1n) is 7.63. The van der Waals surface area contributed by atoms with Crippen LogP contribution in [0.2, 0.25) is 0 Å². The lowest BCUT2D eigenvalue weighted by molar-refractivity contribution is 0.0764. The molecule has 1 aromatic heterocycles. The molecule has 0 spiro atoms. The monoisotopic (exact) mass is 264 g/mol. The number of rotatable bonds is 5. The van der Waals surface area contributed by atoms with Gasteiger partial charge in [-0.2, -0.15) is 5.10 Å². The Morgan fingerprint density at radius 2 is 2.26 bits per heavy atom. The van der Waals surface area contributed by atoms with Crippen LogP contribution in [0.5, 0.6) is 0 Å². The fourth-order valence-corrected chi connectivity index (χ4v) is 3.42. The summed E-state index contributed by atoms with van der Waals surface area (Å²) in [5.41, 5.74) is 7.55. The topological polar surface area (TPSA) is 47.1 Å². The van der Waals surface area contributed by atoms with Gasteiger partial charge in [0.1, 0.15) is 0 Å². The first-order chi connectivity index (χ1) is 9.13. The summed E-state index contributed by atoms with van der Waals surface area (Å²) < 4.78 is 1.88. The number of likely N-dealkylation sites (tertiary alicyclic amines) is 1.